The summed E-state index contributed by atoms with van der Waals surface area (Å²) in [5.74, 6) is -0.237. The Morgan fingerprint density at radius 2 is 1.92 bits per heavy atom. The molecule has 1 heterocycles. The molecule has 1 aliphatic heterocycles. The van der Waals surface area contributed by atoms with E-state index in [0.717, 1.165) is 5.56 Å². The Labute approximate surface area is 153 Å². The van der Waals surface area contributed by atoms with Gasteiger partial charge in [0.1, 0.15) is 16.9 Å². The normalized spacial score (nSPS) is 20.5. The number of rotatable bonds is 3. The van der Waals surface area contributed by atoms with Crippen molar-refractivity contribution in [2.45, 2.75) is 44.8 Å². The van der Waals surface area contributed by atoms with Crippen molar-refractivity contribution >= 4 is 12.1 Å². The Morgan fingerprint density at radius 3 is 2.46 bits per heavy atom. The van der Waals surface area contributed by atoms with Crippen LogP contribution in [0.15, 0.2) is 18.2 Å². The molecule has 7 heteroatoms. The van der Waals surface area contributed by atoms with E-state index in [2.05, 4.69) is 0 Å². The summed E-state index contributed by atoms with van der Waals surface area (Å²) in [7, 11) is 2.79. The molecule has 0 saturated carbocycles. The molecule has 0 spiro atoms. The van der Waals surface area contributed by atoms with Gasteiger partial charge in [0.15, 0.2) is 0 Å². The zero-order chi connectivity index (χ0) is 19.5. The molecule has 2 rings (SSSR count). The van der Waals surface area contributed by atoms with E-state index in [1.165, 1.54) is 19.1 Å². The summed E-state index contributed by atoms with van der Waals surface area (Å²) in [4.78, 5) is 25.5. The Morgan fingerprint density at radius 1 is 1.23 bits per heavy atom. The minimum atomic E-state index is -0.732. The molecular formula is C19H27NO6. The number of methoxy groups -OCH3 is 2. The second-order valence-corrected chi connectivity index (χ2v) is 7.34. The summed E-state index contributed by atoms with van der Waals surface area (Å²) in [5, 5.41) is 10.5. The molecule has 26 heavy (non-hydrogen) atoms. The zero-order valence-corrected chi connectivity index (χ0v) is 15.9. The highest BCUT2D eigenvalue weighted by atomic mass is 16.6. The number of hydrogen-bond donors (Lipinski definition) is 1. The number of esters is 1. The number of carbonyl (C=O) groups is 2. The van der Waals surface area contributed by atoms with Crippen LogP contribution in [0.3, 0.4) is 0 Å². The van der Waals surface area contributed by atoms with E-state index in [0.29, 0.717) is 24.3 Å². The third-order valence-electron chi connectivity index (χ3n) is 4.29. The largest absolute Gasteiger partial charge is 0.496 e. The van der Waals surface area contributed by atoms with Crippen LogP contribution in [0.1, 0.15) is 49.0 Å². The van der Waals surface area contributed by atoms with Crippen LogP contribution in [0.5, 0.6) is 5.75 Å². The van der Waals surface area contributed by atoms with Crippen molar-refractivity contribution < 1.29 is 28.9 Å². The molecule has 1 aromatic rings. The highest BCUT2D eigenvalue weighted by molar-refractivity contribution is 5.92. The third-order valence-corrected chi connectivity index (χ3v) is 4.29. The maximum atomic E-state index is 12.2. The zero-order valence-electron chi connectivity index (χ0n) is 15.9. The fourth-order valence-corrected chi connectivity index (χ4v) is 3.03. The maximum absolute atomic E-state index is 12.2. The number of likely N-dealkylation sites (tertiary alicyclic amines) is 1. The quantitative estimate of drug-likeness (QED) is 0.829. The van der Waals surface area contributed by atoms with Gasteiger partial charge in [0.25, 0.3) is 0 Å². The number of aliphatic hydroxyl groups excluding tert-OH is 1. The van der Waals surface area contributed by atoms with Crippen LogP contribution >= 0.6 is 0 Å². The van der Waals surface area contributed by atoms with Gasteiger partial charge < -0.3 is 24.2 Å². The van der Waals surface area contributed by atoms with E-state index in [1.807, 2.05) is 20.8 Å². The molecule has 144 valence electrons. The Balaban J connectivity index is 2.12. The van der Waals surface area contributed by atoms with Gasteiger partial charge in [0.05, 0.1) is 26.9 Å². The molecule has 0 radical (unpaired) electrons. The number of carbonyl (C=O) groups excluding carboxylic acids is 2. The Kier molecular flexibility index (Phi) is 6.13. The highest BCUT2D eigenvalue weighted by Gasteiger charge is 2.33. The molecular weight excluding hydrogens is 338 g/mol. The van der Waals surface area contributed by atoms with Crippen molar-refractivity contribution in [2.24, 2.45) is 0 Å². The van der Waals surface area contributed by atoms with E-state index in [-0.39, 0.29) is 12.5 Å². The molecule has 1 amide bonds. The number of benzene rings is 1. The van der Waals surface area contributed by atoms with Crippen molar-refractivity contribution in [1.82, 2.24) is 4.90 Å². The SMILES string of the molecule is COC(=O)c1ccc(C2CCN(C(=O)OC(C)(C)C)CC2O)cc1OC. The lowest BCUT2D eigenvalue weighted by Gasteiger charge is -2.37. The molecule has 2 unspecified atom stereocenters. The van der Waals surface area contributed by atoms with Gasteiger partial charge in [-0.15, -0.1) is 0 Å². The predicted molar refractivity (Wildman–Crippen MR) is 95.5 cm³/mol. The number of piperidine rings is 1. The first-order valence-electron chi connectivity index (χ1n) is 8.58. The van der Waals surface area contributed by atoms with Gasteiger partial charge in [-0.05, 0) is 44.9 Å². The minimum absolute atomic E-state index is 0.158. The first-order valence-corrected chi connectivity index (χ1v) is 8.58. The number of hydrogen-bond acceptors (Lipinski definition) is 6. The summed E-state index contributed by atoms with van der Waals surface area (Å²) >= 11 is 0. The summed E-state index contributed by atoms with van der Waals surface area (Å²) in [6, 6.07) is 5.15. The molecule has 2 atom stereocenters. The van der Waals surface area contributed by atoms with Crippen LogP contribution < -0.4 is 4.74 Å². The first-order chi connectivity index (χ1) is 12.2. The molecule has 1 fully saturated rings. The standard InChI is InChI=1S/C19H27NO6/c1-19(2,3)26-18(23)20-9-8-13(15(21)11-20)12-6-7-14(17(22)25-5)16(10-12)24-4/h6-7,10,13,15,21H,8-9,11H2,1-5H3. The van der Waals surface area contributed by atoms with Crippen molar-refractivity contribution in [2.75, 3.05) is 27.3 Å². The fraction of sp³-hybridized carbons (Fsp3) is 0.579. The first kappa shape index (κ1) is 20.0. The average Bonchev–Trinajstić information content (AvgIpc) is 2.59. The van der Waals surface area contributed by atoms with E-state index in [1.54, 1.807) is 18.2 Å². The van der Waals surface area contributed by atoms with E-state index in [4.69, 9.17) is 14.2 Å². The Hall–Kier alpha value is -2.28. The topological polar surface area (TPSA) is 85.3 Å². The van der Waals surface area contributed by atoms with Crippen LogP contribution in [0.2, 0.25) is 0 Å². The number of aliphatic hydroxyl groups is 1. The summed E-state index contributed by atoms with van der Waals surface area (Å²) in [6.45, 7) is 6.11. The van der Waals surface area contributed by atoms with Crippen LogP contribution in [-0.4, -0.2) is 61.1 Å². The van der Waals surface area contributed by atoms with E-state index >= 15 is 0 Å². The number of amides is 1. The second kappa shape index (κ2) is 7.95. The average molecular weight is 365 g/mol. The molecule has 0 aliphatic carbocycles. The van der Waals surface area contributed by atoms with Crippen molar-refractivity contribution in [1.29, 1.82) is 0 Å². The predicted octanol–water partition coefficient (Wildman–Crippen LogP) is 2.57. The summed E-state index contributed by atoms with van der Waals surface area (Å²) in [6.07, 6.45) is -0.570. The van der Waals surface area contributed by atoms with Gasteiger partial charge >= 0.3 is 12.1 Å². The van der Waals surface area contributed by atoms with Gasteiger partial charge in [0, 0.05) is 12.5 Å². The lowest BCUT2D eigenvalue weighted by atomic mass is 9.86. The van der Waals surface area contributed by atoms with Crippen LogP contribution in [-0.2, 0) is 9.47 Å². The Bertz CT molecular complexity index is 666. The van der Waals surface area contributed by atoms with Crippen molar-refractivity contribution in [3.8, 4) is 5.75 Å². The van der Waals surface area contributed by atoms with Crippen LogP contribution in [0.4, 0.5) is 4.79 Å². The van der Waals surface area contributed by atoms with Crippen molar-refractivity contribution in [3.05, 3.63) is 29.3 Å². The summed E-state index contributed by atoms with van der Waals surface area (Å²) < 4.78 is 15.4. The number of ether oxygens (including phenoxy) is 3. The molecule has 1 aliphatic rings. The number of nitrogens with zero attached hydrogens (tertiary/aromatic N) is 1. The molecule has 1 saturated heterocycles. The number of β-amino-alcohol motifs (C(OH)–C–C–N with tert-alkyl or cyclic N) is 1. The van der Waals surface area contributed by atoms with Gasteiger partial charge in [0.2, 0.25) is 0 Å². The van der Waals surface area contributed by atoms with Gasteiger partial charge in [-0.2, -0.15) is 0 Å². The molecule has 1 N–H and O–H groups in total. The molecule has 1 aromatic carbocycles. The highest BCUT2D eigenvalue weighted by Crippen LogP contribution is 2.32. The van der Waals surface area contributed by atoms with Gasteiger partial charge in [-0.25, -0.2) is 9.59 Å². The molecule has 0 bridgehead atoms. The van der Waals surface area contributed by atoms with Gasteiger partial charge in [-0.1, -0.05) is 6.07 Å². The summed E-state index contributed by atoms with van der Waals surface area (Å²) in [5.41, 5.74) is 0.612. The van der Waals surface area contributed by atoms with Crippen LogP contribution in [0.25, 0.3) is 0 Å². The lowest BCUT2D eigenvalue weighted by Crippen LogP contribution is -2.47. The van der Waals surface area contributed by atoms with E-state index in [9.17, 15) is 14.7 Å². The maximum Gasteiger partial charge on any atom is 0.410 e. The smallest absolute Gasteiger partial charge is 0.410 e. The molecule has 7 nitrogen and oxygen atoms in total. The van der Waals surface area contributed by atoms with Gasteiger partial charge in [-0.3, -0.25) is 0 Å². The van der Waals surface area contributed by atoms with E-state index < -0.39 is 23.8 Å². The monoisotopic (exact) mass is 365 g/mol. The second-order valence-electron chi connectivity index (χ2n) is 7.34. The lowest BCUT2D eigenvalue weighted by molar-refractivity contribution is -0.00155. The van der Waals surface area contributed by atoms with Crippen LogP contribution in [0, 0.1) is 0 Å². The fourth-order valence-electron chi connectivity index (χ4n) is 3.03. The molecule has 0 aromatic heterocycles. The minimum Gasteiger partial charge on any atom is -0.496 e. The third kappa shape index (κ3) is 4.66. The van der Waals surface area contributed by atoms with Crippen molar-refractivity contribution in [3.63, 3.8) is 0 Å².